The lowest BCUT2D eigenvalue weighted by molar-refractivity contribution is 0.245. The third kappa shape index (κ3) is 6.06. The van der Waals surface area contributed by atoms with Gasteiger partial charge in [0.05, 0.1) is 0 Å². The molecule has 1 aliphatic carbocycles. The van der Waals surface area contributed by atoms with E-state index in [2.05, 4.69) is 56.1 Å². The minimum Gasteiger partial charge on any atom is -0.355 e. The molecule has 7 nitrogen and oxygen atoms in total. The van der Waals surface area contributed by atoms with E-state index < -0.39 is 0 Å². The molecule has 1 aromatic carbocycles. The topological polar surface area (TPSA) is 70.4 Å². The van der Waals surface area contributed by atoms with E-state index >= 15 is 0 Å². The summed E-state index contributed by atoms with van der Waals surface area (Å²) >= 11 is 0. The van der Waals surface area contributed by atoms with Gasteiger partial charge < -0.3 is 15.2 Å². The maximum atomic E-state index is 4.88. The van der Waals surface area contributed by atoms with Crippen LogP contribution in [0.2, 0.25) is 0 Å². The molecule has 2 N–H and O–H groups in total. The molecule has 0 radical (unpaired) electrons. The van der Waals surface area contributed by atoms with Gasteiger partial charge in [-0.2, -0.15) is 0 Å². The van der Waals surface area contributed by atoms with Crippen LogP contribution in [0.1, 0.15) is 62.2 Å². The fourth-order valence-electron chi connectivity index (χ4n) is 4.70. The summed E-state index contributed by atoms with van der Waals surface area (Å²) in [4.78, 5) is 7.49. The Morgan fingerprint density at radius 1 is 1.06 bits per heavy atom. The molecule has 1 saturated carbocycles. The van der Waals surface area contributed by atoms with Gasteiger partial charge in [-0.15, -0.1) is 10.2 Å². The fourth-order valence-corrected chi connectivity index (χ4v) is 4.70. The maximum absolute atomic E-state index is 4.88. The quantitative estimate of drug-likeness (QED) is 0.529. The van der Waals surface area contributed by atoms with Crippen LogP contribution in [0.25, 0.3) is 0 Å². The second kappa shape index (κ2) is 10.8. The number of rotatable bonds is 7. The van der Waals surface area contributed by atoms with Crippen LogP contribution in [0, 0.1) is 6.92 Å². The highest BCUT2D eigenvalue weighted by Crippen LogP contribution is 2.20. The SMILES string of the molecule is Cc1nnc(CN=C(NCC2CCCN2Cc2ccccc2)NC2CCCCC2)n1C. The molecule has 2 fully saturated rings. The van der Waals surface area contributed by atoms with Gasteiger partial charge in [0.2, 0.25) is 0 Å². The number of aromatic nitrogens is 3. The zero-order chi connectivity index (χ0) is 21.5. The van der Waals surface area contributed by atoms with Crippen molar-refractivity contribution in [2.45, 2.75) is 77.0 Å². The Bertz CT molecular complexity index is 839. The molecule has 1 aromatic heterocycles. The van der Waals surface area contributed by atoms with Crippen molar-refractivity contribution in [2.24, 2.45) is 12.0 Å². The first kappa shape index (κ1) is 21.8. The lowest BCUT2D eigenvalue weighted by atomic mass is 9.96. The predicted molar refractivity (Wildman–Crippen MR) is 125 cm³/mol. The summed E-state index contributed by atoms with van der Waals surface area (Å²) in [6.45, 7) is 5.62. The van der Waals surface area contributed by atoms with Crippen LogP contribution in [-0.2, 0) is 20.1 Å². The first-order valence-electron chi connectivity index (χ1n) is 11.9. The summed E-state index contributed by atoms with van der Waals surface area (Å²) in [5.74, 6) is 2.73. The van der Waals surface area contributed by atoms with Gasteiger partial charge in [-0.1, -0.05) is 49.6 Å². The number of hydrogen-bond acceptors (Lipinski definition) is 4. The van der Waals surface area contributed by atoms with E-state index in [1.807, 2.05) is 18.5 Å². The predicted octanol–water partition coefficient (Wildman–Crippen LogP) is 3.16. The van der Waals surface area contributed by atoms with E-state index in [1.54, 1.807) is 0 Å². The minimum atomic E-state index is 0.519. The van der Waals surface area contributed by atoms with Crippen molar-refractivity contribution in [3.05, 3.63) is 47.5 Å². The van der Waals surface area contributed by atoms with Crippen molar-refractivity contribution in [1.29, 1.82) is 0 Å². The van der Waals surface area contributed by atoms with E-state index in [1.165, 1.54) is 57.1 Å². The van der Waals surface area contributed by atoms with Gasteiger partial charge in [-0.25, -0.2) is 4.99 Å². The third-order valence-electron chi connectivity index (χ3n) is 6.74. The third-order valence-corrected chi connectivity index (χ3v) is 6.74. The van der Waals surface area contributed by atoms with Crippen LogP contribution in [0.3, 0.4) is 0 Å². The molecule has 31 heavy (non-hydrogen) atoms. The standard InChI is InChI=1S/C24H37N7/c1-19-28-29-23(30(19)2)17-26-24(27-21-12-7-4-8-13-21)25-16-22-14-9-15-31(22)18-20-10-5-3-6-11-20/h3,5-6,10-11,21-22H,4,7-9,12-18H2,1-2H3,(H2,25,26,27). The molecule has 2 aliphatic rings. The van der Waals surface area contributed by atoms with E-state index in [9.17, 15) is 0 Å². The first-order chi connectivity index (χ1) is 15.2. The largest absolute Gasteiger partial charge is 0.355 e. The lowest BCUT2D eigenvalue weighted by Crippen LogP contribution is -2.48. The molecule has 0 bridgehead atoms. The Kier molecular flexibility index (Phi) is 7.57. The number of guanidine groups is 1. The second-order valence-corrected chi connectivity index (χ2v) is 9.00. The zero-order valence-electron chi connectivity index (χ0n) is 19.1. The molecule has 168 valence electrons. The summed E-state index contributed by atoms with van der Waals surface area (Å²) in [7, 11) is 2.00. The van der Waals surface area contributed by atoms with Gasteiger partial charge in [-0.3, -0.25) is 4.90 Å². The molecule has 1 saturated heterocycles. The average Bonchev–Trinajstić information content (AvgIpc) is 3.37. The molecule has 4 rings (SSSR count). The Morgan fingerprint density at radius 2 is 1.87 bits per heavy atom. The van der Waals surface area contributed by atoms with Crippen LogP contribution < -0.4 is 10.6 Å². The molecular formula is C24H37N7. The highest BCUT2D eigenvalue weighted by Gasteiger charge is 2.25. The Hall–Kier alpha value is -2.41. The van der Waals surface area contributed by atoms with Gasteiger partial charge in [0.1, 0.15) is 12.4 Å². The van der Waals surface area contributed by atoms with Gasteiger partial charge >= 0.3 is 0 Å². The second-order valence-electron chi connectivity index (χ2n) is 9.00. The van der Waals surface area contributed by atoms with Gasteiger partial charge in [0, 0.05) is 32.2 Å². The maximum Gasteiger partial charge on any atom is 0.191 e. The average molecular weight is 424 g/mol. The number of hydrogen-bond donors (Lipinski definition) is 2. The van der Waals surface area contributed by atoms with Gasteiger partial charge in [0.15, 0.2) is 11.8 Å². The summed E-state index contributed by atoms with van der Waals surface area (Å²) in [6, 6.07) is 11.9. The van der Waals surface area contributed by atoms with E-state index in [0.29, 0.717) is 18.6 Å². The van der Waals surface area contributed by atoms with Crippen molar-refractivity contribution in [1.82, 2.24) is 30.3 Å². The Morgan fingerprint density at radius 3 is 2.61 bits per heavy atom. The molecule has 2 aromatic rings. The number of likely N-dealkylation sites (tertiary alicyclic amines) is 1. The van der Waals surface area contributed by atoms with Gasteiger partial charge in [0.25, 0.3) is 0 Å². The van der Waals surface area contributed by atoms with E-state index in [0.717, 1.165) is 30.7 Å². The molecule has 7 heteroatoms. The molecule has 1 aliphatic heterocycles. The number of nitrogens with zero attached hydrogens (tertiary/aromatic N) is 5. The van der Waals surface area contributed by atoms with Gasteiger partial charge in [-0.05, 0) is 44.7 Å². The van der Waals surface area contributed by atoms with Crippen LogP contribution in [0.15, 0.2) is 35.3 Å². The van der Waals surface area contributed by atoms with Crippen molar-refractivity contribution in [3.63, 3.8) is 0 Å². The Balaban J connectivity index is 1.38. The molecule has 0 spiro atoms. The summed E-state index contributed by atoms with van der Waals surface area (Å²) < 4.78 is 2.01. The van der Waals surface area contributed by atoms with Crippen LogP contribution in [-0.4, -0.2) is 50.8 Å². The molecule has 1 unspecified atom stereocenters. The number of aryl methyl sites for hydroxylation is 1. The van der Waals surface area contributed by atoms with E-state index in [4.69, 9.17) is 4.99 Å². The van der Waals surface area contributed by atoms with Crippen molar-refractivity contribution in [2.75, 3.05) is 13.1 Å². The number of benzene rings is 1. The van der Waals surface area contributed by atoms with Crippen molar-refractivity contribution in [3.8, 4) is 0 Å². The zero-order valence-corrected chi connectivity index (χ0v) is 19.1. The van der Waals surface area contributed by atoms with Crippen LogP contribution in [0.5, 0.6) is 0 Å². The molecular weight excluding hydrogens is 386 g/mol. The first-order valence-corrected chi connectivity index (χ1v) is 11.9. The summed E-state index contributed by atoms with van der Waals surface area (Å²) in [5.41, 5.74) is 1.39. The highest BCUT2D eigenvalue weighted by molar-refractivity contribution is 5.80. The molecule has 1 atom stereocenters. The Labute approximate surface area is 186 Å². The normalized spacial score (nSPS) is 20.8. The van der Waals surface area contributed by atoms with Crippen LogP contribution >= 0.6 is 0 Å². The summed E-state index contributed by atoms with van der Waals surface area (Å²) in [6.07, 6.45) is 8.92. The highest BCUT2D eigenvalue weighted by atomic mass is 15.3. The molecule has 0 amide bonds. The fraction of sp³-hybridized carbons (Fsp3) is 0.625. The van der Waals surface area contributed by atoms with Crippen molar-refractivity contribution >= 4 is 5.96 Å². The molecule has 2 heterocycles. The van der Waals surface area contributed by atoms with E-state index in [-0.39, 0.29) is 0 Å². The number of nitrogens with one attached hydrogen (secondary N) is 2. The number of aliphatic imine (C=N–C) groups is 1. The summed E-state index contributed by atoms with van der Waals surface area (Å²) in [5, 5.41) is 15.8. The van der Waals surface area contributed by atoms with Crippen molar-refractivity contribution < 1.29 is 0 Å². The lowest BCUT2D eigenvalue weighted by Gasteiger charge is -2.28. The monoisotopic (exact) mass is 423 g/mol. The van der Waals surface area contributed by atoms with Crippen LogP contribution in [0.4, 0.5) is 0 Å². The smallest absolute Gasteiger partial charge is 0.191 e. The minimum absolute atomic E-state index is 0.519.